The van der Waals surface area contributed by atoms with Crippen LogP contribution in [-0.4, -0.2) is 63.1 Å². The van der Waals surface area contributed by atoms with Crippen LogP contribution in [-0.2, 0) is 4.57 Å². The van der Waals surface area contributed by atoms with Gasteiger partial charge in [-0.2, -0.15) is 70.2 Å². The van der Waals surface area contributed by atoms with Crippen molar-refractivity contribution in [3.8, 4) is 0 Å². The van der Waals surface area contributed by atoms with E-state index in [2.05, 4.69) is 0 Å². The zero-order valence-electron chi connectivity index (χ0n) is 13.8. The van der Waals surface area contributed by atoms with Crippen LogP contribution in [0.1, 0.15) is 6.92 Å². The van der Waals surface area contributed by atoms with E-state index in [9.17, 15) is 79.2 Å². The van der Waals surface area contributed by atoms with Gasteiger partial charge in [-0.3, -0.25) is 4.57 Å². The van der Waals surface area contributed by atoms with Crippen molar-refractivity contribution in [2.24, 2.45) is 0 Å². The van der Waals surface area contributed by atoms with Crippen molar-refractivity contribution < 1.29 is 89.0 Å². The zero-order valence-corrected chi connectivity index (χ0v) is 14.6. The van der Waals surface area contributed by atoms with Gasteiger partial charge < -0.3 is 9.79 Å². The summed E-state index contributed by atoms with van der Waals surface area (Å²) in [6, 6.07) is 0. The molecule has 0 fully saturated rings. The SMILES string of the molecule is CC(F)C(F)(F)C(F)(F)C(F)(F)C(F)(F)C(F)(F)C(F)(F)C(F)(F)C(F)(F)P(=O)(O)O. The average molecular weight is 528 g/mol. The number of alkyl halides is 17. The first-order valence-corrected chi connectivity index (χ1v) is 8.28. The standard InChI is InChI=1S/C10H6F17O3P/c1-2(11)3(12,13)4(14,15)5(16,17)6(18,19)7(20,21)8(22,23)9(24,25)10(26,27)31(28,29)30/h2H,1H3,(H2,28,29,30). The quantitative estimate of drug-likeness (QED) is 0.305. The van der Waals surface area contributed by atoms with Gasteiger partial charge >= 0.3 is 54.7 Å². The van der Waals surface area contributed by atoms with Crippen LogP contribution in [0.3, 0.4) is 0 Å². The van der Waals surface area contributed by atoms with E-state index in [1.165, 1.54) is 0 Å². The summed E-state index contributed by atoms with van der Waals surface area (Å²) in [6.07, 6.45) is -4.57. The minimum Gasteiger partial charge on any atom is -0.320 e. The van der Waals surface area contributed by atoms with Crippen LogP contribution in [0.2, 0.25) is 0 Å². The van der Waals surface area contributed by atoms with Crippen molar-refractivity contribution in [3.05, 3.63) is 0 Å². The molecule has 0 heterocycles. The molecule has 0 aliphatic carbocycles. The van der Waals surface area contributed by atoms with Crippen molar-refractivity contribution in [2.75, 3.05) is 0 Å². The highest BCUT2D eigenvalue weighted by molar-refractivity contribution is 7.53. The highest BCUT2D eigenvalue weighted by atomic mass is 31.2. The lowest BCUT2D eigenvalue weighted by atomic mass is 9.88. The Morgan fingerprint density at radius 3 is 1.00 bits per heavy atom. The first-order chi connectivity index (χ1) is 12.9. The fourth-order valence-electron chi connectivity index (χ4n) is 1.62. The van der Waals surface area contributed by atoms with E-state index in [1.54, 1.807) is 0 Å². The molecule has 0 aromatic heterocycles. The first kappa shape index (κ1) is 30.0. The Balaban J connectivity index is 6.95. The van der Waals surface area contributed by atoms with Gasteiger partial charge in [0.15, 0.2) is 6.17 Å². The lowest BCUT2D eigenvalue weighted by Crippen LogP contribution is -2.75. The normalized spacial score (nSPS) is 17.7. The van der Waals surface area contributed by atoms with Crippen molar-refractivity contribution in [1.29, 1.82) is 0 Å². The van der Waals surface area contributed by atoms with Crippen molar-refractivity contribution >= 4 is 7.60 Å². The summed E-state index contributed by atoms with van der Waals surface area (Å²) in [6.45, 7) is -0.719. The number of rotatable bonds is 9. The van der Waals surface area contributed by atoms with E-state index >= 15 is 0 Å². The molecule has 0 bridgehead atoms. The van der Waals surface area contributed by atoms with Gasteiger partial charge in [-0.05, 0) is 6.92 Å². The predicted molar refractivity (Wildman–Crippen MR) is 62.2 cm³/mol. The number of hydrogen-bond acceptors (Lipinski definition) is 1. The van der Waals surface area contributed by atoms with Crippen molar-refractivity contribution in [1.82, 2.24) is 0 Å². The van der Waals surface area contributed by atoms with Gasteiger partial charge in [-0.1, -0.05) is 0 Å². The molecule has 0 radical (unpaired) electrons. The average Bonchev–Trinajstić information content (AvgIpc) is 2.52. The summed E-state index contributed by atoms with van der Waals surface area (Å²) in [7, 11) is -7.97. The summed E-state index contributed by atoms with van der Waals surface area (Å²) in [5.41, 5.74) is -7.70. The highest BCUT2D eigenvalue weighted by Gasteiger charge is 2.96. The van der Waals surface area contributed by atoms with Gasteiger partial charge in [0.25, 0.3) is 0 Å². The summed E-state index contributed by atoms with van der Waals surface area (Å²) < 4.78 is 233. The Labute approximate surface area is 158 Å². The second-order valence-electron chi connectivity index (χ2n) is 5.77. The molecule has 0 saturated carbocycles. The fraction of sp³-hybridized carbons (Fsp3) is 1.00. The molecule has 31 heavy (non-hydrogen) atoms. The molecular formula is C10H6F17O3P. The van der Waals surface area contributed by atoms with Crippen LogP contribution in [0.5, 0.6) is 0 Å². The molecule has 0 aliphatic heterocycles. The summed E-state index contributed by atoms with van der Waals surface area (Å²) in [5, 5.41) is 0. The Morgan fingerprint density at radius 2 is 0.774 bits per heavy atom. The van der Waals surface area contributed by atoms with Crippen molar-refractivity contribution in [2.45, 2.75) is 60.2 Å². The molecule has 0 amide bonds. The van der Waals surface area contributed by atoms with E-state index in [1.807, 2.05) is 0 Å². The van der Waals surface area contributed by atoms with Gasteiger partial charge in [0.2, 0.25) is 0 Å². The molecule has 188 valence electrons. The highest BCUT2D eigenvalue weighted by Crippen LogP contribution is 2.69. The summed E-state index contributed by atoms with van der Waals surface area (Å²) in [5.74, 6) is -58.3. The van der Waals surface area contributed by atoms with Gasteiger partial charge in [-0.15, -0.1) is 0 Å². The summed E-state index contributed by atoms with van der Waals surface area (Å²) >= 11 is 0. The molecule has 1 atom stereocenters. The van der Waals surface area contributed by atoms with E-state index in [0.717, 1.165) is 0 Å². The third kappa shape index (κ3) is 3.55. The lowest BCUT2D eigenvalue weighted by molar-refractivity contribution is -0.451. The minimum absolute atomic E-state index is 0.719. The molecular weight excluding hydrogens is 522 g/mol. The molecule has 21 heteroatoms. The van der Waals surface area contributed by atoms with Crippen LogP contribution >= 0.6 is 7.60 Å². The topological polar surface area (TPSA) is 57.5 Å². The Hall–Kier alpha value is -1.04. The van der Waals surface area contributed by atoms with Crippen molar-refractivity contribution in [3.63, 3.8) is 0 Å². The van der Waals surface area contributed by atoms with E-state index in [4.69, 9.17) is 9.79 Å². The molecule has 0 aliphatic rings. The fourth-order valence-corrected chi connectivity index (χ4v) is 2.13. The molecule has 2 N–H and O–H groups in total. The molecule has 1 unspecified atom stereocenters. The van der Waals surface area contributed by atoms with Gasteiger partial charge in [0, 0.05) is 0 Å². The Kier molecular flexibility index (Phi) is 6.99. The van der Waals surface area contributed by atoms with Crippen LogP contribution in [0.4, 0.5) is 74.6 Å². The van der Waals surface area contributed by atoms with Gasteiger partial charge in [0.05, 0.1) is 0 Å². The maximum Gasteiger partial charge on any atom is 0.413 e. The first-order valence-electron chi connectivity index (χ1n) is 6.66. The van der Waals surface area contributed by atoms with Crippen LogP contribution < -0.4 is 0 Å². The largest absolute Gasteiger partial charge is 0.413 e. The van der Waals surface area contributed by atoms with Crippen LogP contribution in [0, 0.1) is 0 Å². The minimum atomic E-state index is -8.83. The Bertz CT molecular complexity index is 724. The van der Waals surface area contributed by atoms with Gasteiger partial charge in [0.1, 0.15) is 0 Å². The van der Waals surface area contributed by atoms with E-state index in [0.29, 0.717) is 0 Å². The Morgan fingerprint density at radius 1 is 0.548 bits per heavy atom. The molecule has 3 nitrogen and oxygen atoms in total. The monoisotopic (exact) mass is 528 g/mol. The van der Waals surface area contributed by atoms with Gasteiger partial charge in [-0.25, -0.2) is 4.39 Å². The molecule has 0 aromatic rings. The number of hydrogen-bond donors (Lipinski definition) is 2. The molecule has 0 spiro atoms. The predicted octanol–water partition coefficient (Wildman–Crippen LogP) is 5.56. The smallest absolute Gasteiger partial charge is 0.320 e. The molecule has 0 aromatic carbocycles. The maximum atomic E-state index is 13.3. The molecule has 0 saturated heterocycles. The second kappa shape index (κ2) is 7.23. The van der Waals surface area contributed by atoms with E-state index in [-0.39, 0.29) is 0 Å². The second-order valence-corrected chi connectivity index (χ2v) is 7.42. The van der Waals surface area contributed by atoms with Crippen LogP contribution in [0.25, 0.3) is 0 Å². The van der Waals surface area contributed by atoms with Crippen LogP contribution in [0.15, 0.2) is 0 Å². The number of halogens is 17. The lowest BCUT2D eigenvalue weighted by Gasteiger charge is -2.43. The summed E-state index contributed by atoms with van der Waals surface area (Å²) in [4.78, 5) is 15.8. The van der Waals surface area contributed by atoms with E-state index < -0.39 is 67.8 Å². The molecule has 0 rings (SSSR count). The zero-order chi connectivity index (χ0) is 26.1. The third-order valence-electron chi connectivity index (χ3n) is 3.63. The maximum absolute atomic E-state index is 13.3. The third-order valence-corrected chi connectivity index (χ3v) is 4.65.